The average molecular weight is 244 g/mol. The van der Waals surface area contributed by atoms with Gasteiger partial charge in [0.1, 0.15) is 6.42 Å². The van der Waals surface area contributed by atoms with E-state index >= 15 is 0 Å². The van der Waals surface area contributed by atoms with Crippen molar-refractivity contribution in [3.05, 3.63) is 24.3 Å². The first-order chi connectivity index (χ1) is 7.29. The zero-order valence-corrected chi connectivity index (χ0v) is 9.51. The lowest BCUT2D eigenvalue weighted by atomic mass is 10.2. The van der Waals surface area contributed by atoms with Crippen molar-refractivity contribution in [3.63, 3.8) is 0 Å². The van der Waals surface area contributed by atoms with Gasteiger partial charge in [-0.15, -0.1) is 0 Å². The van der Waals surface area contributed by atoms with E-state index in [4.69, 9.17) is 0 Å². The average Bonchev–Trinajstić information content (AvgIpc) is 2.14. The van der Waals surface area contributed by atoms with Crippen LogP contribution in [0.5, 0.6) is 0 Å². The second-order valence-electron chi connectivity index (χ2n) is 3.30. The van der Waals surface area contributed by atoms with Crippen LogP contribution in [0.25, 0.3) is 0 Å². The molecule has 0 fully saturated rings. The molecule has 3 radical (unpaired) electrons. The van der Waals surface area contributed by atoms with Crippen molar-refractivity contribution >= 4 is 27.0 Å². The molecule has 0 aromatic heterocycles. The third-order valence-corrected chi connectivity index (χ3v) is 2.27. The first-order valence-corrected chi connectivity index (χ1v) is 4.94. The van der Waals surface area contributed by atoms with Crippen LogP contribution in [0.3, 0.4) is 0 Å². The minimum absolute atomic E-state index is 0.418. The number of hydrogen-bond donors (Lipinski definition) is 0. The van der Waals surface area contributed by atoms with E-state index in [2.05, 4.69) is 10.2 Å². The first-order valence-electron chi connectivity index (χ1n) is 4.44. The summed E-state index contributed by atoms with van der Waals surface area (Å²) >= 11 is 0. The molecule has 1 aromatic rings. The summed E-state index contributed by atoms with van der Waals surface area (Å²) in [5.41, 5.74) is 0.418. The SMILES string of the molecule is CN(C(=O)CC(F)(F)F)c1cccc([Si])c1. The standard InChI is InChI=1S/C10H9F3NOSi/c1-14(9(15)6-10(11,12)13)7-3-2-4-8(16)5-7/h2-5H,6H2,1H3. The number of halogens is 3. The van der Waals surface area contributed by atoms with Gasteiger partial charge in [-0.3, -0.25) is 4.79 Å². The van der Waals surface area contributed by atoms with Crippen molar-refractivity contribution < 1.29 is 18.0 Å². The molecule has 0 N–H and O–H groups in total. The van der Waals surface area contributed by atoms with Gasteiger partial charge in [-0.1, -0.05) is 17.3 Å². The fourth-order valence-corrected chi connectivity index (χ4v) is 1.39. The summed E-state index contributed by atoms with van der Waals surface area (Å²) in [5.74, 6) is -0.982. The van der Waals surface area contributed by atoms with Crippen LogP contribution >= 0.6 is 0 Å². The van der Waals surface area contributed by atoms with Crippen LogP contribution in [-0.2, 0) is 4.79 Å². The highest BCUT2D eigenvalue weighted by molar-refractivity contribution is 6.32. The van der Waals surface area contributed by atoms with Gasteiger partial charge in [0.05, 0.1) is 10.2 Å². The molecule has 0 bridgehead atoms. The van der Waals surface area contributed by atoms with Crippen molar-refractivity contribution in [2.24, 2.45) is 0 Å². The summed E-state index contributed by atoms with van der Waals surface area (Å²) in [6.07, 6.45) is -5.92. The van der Waals surface area contributed by atoms with Gasteiger partial charge in [-0.25, -0.2) is 0 Å². The first kappa shape index (κ1) is 12.8. The van der Waals surface area contributed by atoms with Gasteiger partial charge in [0, 0.05) is 12.7 Å². The lowest BCUT2D eigenvalue weighted by molar-refractivity contribution is -0.151. The van der Waals surface area contributed by atoms with Crippen LogP contribution in [0.4, 0.5) is 18.9 Å². The number of alkyl halides is 3. The van der Waals surface area contributed by atoms with Crippen LogP contribution in [0.1, 0.15) is 6.42 Å². The molecule has 16 heavy (non-hydrogen) atoms. The Morgan fingerprint density at radius 3 is 2.56 bits per heavy atom. The number of rotatable bonds is 2. The smallest absolute Gasteiger partial charge is 0.315 e. The lowest BCUT2D eigenvalue weighted by Crippen LogP contribution is -2.31. The van der Waals surface area contributed by atoms with Gasteiger partial charge < -0.3 is 4.90 Å². The molecule has 0 unspecified atom stereocenters. The summed E-state index contributed by atoms with van der Waals surface area (Å²) in [6.45, 7) is 0. The fraction of sp³-hybridized carbons (Fsp3) is 0.300. The minimum Gasteiger partial charge on any atom is -0.315 e. The Kier molecular flexibility index (Phi) is 3.74. The van der Waals surface area contributed by atoms with Crippen LogP contribution in [0.2, 0.25) is 0 Å². The molecule has 0 aliphatic heterocycles. The number of nitrogens with zero attached hydrogens (tertiary/aromatic N) is 1. The molecule has 0 atom stereocenters. The summed E-state index contributed by atoms with van der Waals surface area (Å²) in [7, 11) is 4.55. The van der Waals surface area contributed by atoms with Gasteiger partial charge in [-0.2, -0.15) is 13.2 Å². The maximum absolute atomic E-state index is 12.0. The molecule has 0 saturated carbocycles. The largest absolute Gasteiger partial charge is 0.397 e. The zero-order chi connectivity index (χ0) is 12.3. The Balaban J connectivity index is 2.78. The number of hydrogen-bond acceptors (Lipinski definition) is 1. The number of carbonyl (C=O) groups excluding carboxylic acids is 1. The van der Waals surface area contributed by atoms with E-state index in [1.807, 2.05) is 0 Å². The summed E-state index contributed by atoms with van der Waals surface area (Å²) < 4.78 is 36.0. The monoisotopic (exact) mass is 244 g/mol. The van der Waals surface area contributed by atoms with Crippen LogP contribution < -0.4 is 10.1 Å². The molecule has 85 valence electrons. The van der Waals surface area contributed by atoms with Gasteiger partial charge in [0.15, 0.2) is 0 Å². The number of carbonyl (C=O) groups is 1. The van der Waals surface area contributed by atoms with Crippen LogP contribution in [0, 0.1) is 0 Å². The molecule has 2 nitrogen and oxygen atoms in total. The van der Waals surface area contributed by atoms with Crippen LogP contribution in [-0.4, -0.2) is 29.4 Å². The van der Waals surface area contributed by atoms with Crippen molar-refractivity contribution in [2.45, 2.75) is 12.6 Å². The van der Waals surface area contributed by atoms with Gasteiger partial charge in [0.2, 0.25) is 5.91 Å². The predicted molar refractivity (Wildman–Crippen MR) is 55.9 cm³/mol. The molecule has 1 amide bonds. The molecule has 0 saturated heterocycles. The minimum atomic E-state index is -4.48. The maximum atomic E-state index is 12.0. The van der Waals surface area contributed by atoms with E-state index in [0.717, 1.165) is 4.90 Å². The highest BCUT2D eigenvalue weighted by Gasteiger charge is 2.32. The maximum Gasteiger partial charge on any atom is 0.397 e. The highest BCUT2D eigenvalue weighted by Crippen LogP contribution is 2.22. The number of amides is 1. The molecule has 6 heteroatoms. The quantitative estimate of drug-likeness (QED) is 0.720. The van der Waals surface area contributed by atoms with E-state index in [1.54, 1.807) is 24.3 Å². The number of benzene rings is 1. The third-order valence-electron chi connectivity index (χ3n) is 1.96. The van der Waals surface area contributed by atoms with Crippen molar-refractivity contribution in [1.29, 1.82) is 0 Å². The second kappa shape index (κ2) is 4.69. The molecule has 0 aliphatic carbocycles. The number of anilines is 1. The summed E-state index contributed by atoms with van der Waals surface area (Å²) in [6, 6.07) is 6.51. The molecule has 0 spiro atoms. The van der Waals surface area contributed by atoms with Gasteiger partial charge in [-0.05, 0) is 12.1 Å². The topological polar surface area (TPSA) is 20.3 Å². The normalized spacial score (nSPS) is 11.3. The van der Waals surface area contributed by atoms with E-state index < -0.39 is 18.5 Å². The van der Waals surface area contributed by atoms with E-state index in [9.17, 15) is 18.0 Å². The Morgan fingerprint density at radius 1 is 1.44 bits per heavy atom. The Bertz CT molecular complexity index is 392. The van der Waals surface area contributed by atoms with Gasteiger partial charge >= 0.3 is 6.18 Å². The predicted octanol–water partition coefficient (Wildman–Crippen LogP) is 1.40. The molecular formula is C10H9F3NOSi. The molecule has 1 rings (SSSR count). The molecular weight excluding hydrogens is 235 g/mol. The van der Waals surface area contributed by atoms with Crippen molar-refractivity contribution in [2.75, 3.05) is 11.9 Å². The van der Waals surface area contributed by atoms with E-state index in [1.165, 1.54) is 7.05 Å². The van der Waals surface area contributed by atoms with Gasteiger partial charge in [0.25, 0.3) is 0 Å². The highest BCUT2D eigenvalue weighted by atomic mass is 28.1. The van der Waals surface area contributed by atoms with Crippen LogP contribution in [0.15, 0.2) is 24.3 Å². The Morgan fingerprint density at radius 2 is 2.06 bits per heavy atom. The molecule has 0 heterocycles. The Hall–Kier alpha value is -1.30. The third kappa shape index (κ3) is 3.69. The van der Waals surface area contributed by atoms with E-state index in [-0.39, 0.29) is 0 Å². The van der Waals surface area contributed by atoms with Crippen molar-refractivity contribution in [1.82, 2.24) is 0 Å². The van der Waals surface area contributed by atoms with Crippen molar-refractivity contribution in [3.8, 4) is 0 Å². The molecule has 1 aromatic carbocycles. The lowest BCUT2D eigenvalue weighted by Gasteiger charge is -2.18. The van der Waals surface area contributed by atoms with E-state index in [0.29, 0.717) is 10.9 Å². The Labute approximate surface area is 94.5 Å². The summed E-state index contributed by atoms with van der Waals surface area (Å²) in [4.78, 5) is 12.2. The fourth-order valence-electron chi connectivity index (χ4n) is 1.15. The zero-order valence-electron chi connectivity index (χ0n) is 8.51. The molecule has 0 aliphatic rings. The summed E-state index contributed by atoms with van der Waals surface area (Å²) in [5, 5.41) is 0.698. The second-order valence-corrected chi connectivity index (χ2v) is 3.87.